The molecule has 0 saturated carbocycles. The van der Waals surface area contributed by atoms with E-state index in [9.17, 15) is 4.79 Å². The van der Waals surface area contributed by atoms with Crippen LogP contribution < -0.4 is 0 Å². The number of fused-ring (bicyclic) bond motifs is 1. The Labute approximate surface area is 165 Å². The van der Waals surface area contributed by atoms with Gasteiger partial charge in [-0.1, -0.05) is 30.3 Å². The summed E-state index contributed by atoms with van der Waals surface area (Å²) in [6.45, 7) is 3.41. The molecule has 0 spiro atoms. The van der Waals surface area contributed by atoms with Crippen molar-refractivity contribution in [3.05, 3.63) is 47.5 Å². The predicted molar refractivity (Wildman–Crippen MR) is 104 cm³/mol. The molecule has 2 aliphatic rings. The van der Waals surface area contributed by atoms with Gasteiger partial charge in [0.25, 0.3) is 0 Å². The first-order chi connectivity index (χ1) is 13.8. The maximum atomic E-state index is 12.5. The first-order valence-electron chi connectivity index (χ1n) is 10.2. The maximum Gasteiger partial charge on any atom is 0.248 e. The molecule has 150 valence electrons. The van der Waals surface area contributed by atoms with Crippen molar-refractivity contribution >= 4 is 5.91 Å². The highest BCUT2D eigenvalue weighted by atomic mass is 16.5. The van der Waals surface area contributed by atoms with Crippen LogP contribution in [0.5, 0.6) is 0 Å². The molecule has 1 unspecified atom stereocenters. The van der Waals surface area contributed by atoms with Crippen LogP contribution in [0.15, 0.2) is 30.3 Å². The lowest BCUT2D eigenvalue weighted by Crippen LogP contribution is -2.37. The highest BCUT2D eigenvalue weighted by molar-refractivity contribution is 5.77. The number of nitrogens with zero attached hydrogens (tertiary/aromatic N) is 4. The van der Waals surface area contributed by atoms with Crippen molar-refractivity contribution in [2.75, 3.05) is 32.9 Å². The number of hydrogen-bond donors (Lipinski definition) is 0. The second-order valence-electron chi connectivity index (χ2n) is 7.46. The fraction of sp³-hybridized carbons (Fsp3) is 0.571. The summed E-state index contributed by atoms with van der Waals surface area (Å²) in [5.74, 6) is 1.83. The van der Waals surface area contributed by atoms with E-state index < -0.39 is 0 Å². The van der Waals surface area contributed by atoms with Crippen LogP contribution in [0.2, 0.25) is 0 Å². The Hall–Kier alpha value is -2.25. The fourth-order valence-electron chi connectivity index (χ4n) is 3.76. The molecule has 7 heteroatoms. The van der Waals surface area contributed by atoms with Gasteiger partial charge < -0.3 is 14.4 Å². The Kier molecular flexibility index (Phi) is 6.34. The number of hydrogen-bond acceptors (Lipinski definition) is 5. The summed E-state index contributed by atoms with van der Waals surface area (Å²) in [7, 11) is 0. The Morgan fingerprint density at radius 2 is 2.07 bits per heavy atom. The molecule has 0 radical (unpaired) electrons. The van der Waals surface area contributed by atoms with E-state index in [-0.39, 0.29) is 18.6 Å². The van der Waals surface area contributed by atoms with Crippen molar-refractivity contribution in [2.45, 2.75) is 44.8 Å². The topological polar surface area (TPSA) is 69.5 Å². The molecular weight excluding hydrogens is 356 g/mol. The second-order valence-corrected chi connectivity index (χ2v) is 7.46. The number of rotatable bonds is 6. The highest BCUT2D eigenvalue weighted by Gasteiger charge is 2.22. The highest BCUT2D eigenvalue weighted by Crippen LogP contribution is 2.13. The number of carbonyl (C=O) groups excluding carboxylic acids is 1. The van der Waals surface area contributed by atoms with E-state index in [4.69, 9.17) is 9.47 Å². The minimum Gasteiger partial charge on any atom is -0.376 e. The first-order valence-corrected chi connectivity index (χ1v) is 10.2. The SMILES string of the molecule is O=C(COCC1CCCCO1)N1CCc2nc(Cc3ccccc3)nn2CC1. The molecule has 1 amide bonds. The lowest BCUT2D eigenvalue weighted by molar-refractivity contribution is -0.138. The molecule has 28 heavy (non-hydrogen) atoms. The predicted octanol–water partition coefficient (Wildman–Crippen LogP) is 1.84. The normalized spacial score (nSPS) is 19.9. The van der Waals surface area contributed by atoms with Gasteiger partial charge in [-0.3, -0.25) is 4.79 Å². The van der Waals surface area contributed by atoms with Crippen molar-refractivity contribution in [3.8, 4) is 0 Å². The molecular formula is C21H28N4O3. The summed E-state index contributed by atoms with van der Waals surface area (Å²) < 4.78 is 13.2. The van der Waals surface area contributed by atoms with Gasteiger partial charge in [0.2, 0.25) is 5.91 Å². The van der Waals surface area contributed by atoms with Crippen LogP contribution in [0.1, 0.15) is 36.5 Å². The first kappa shape index (κ1) is 19.1. The van der Waals surface area contributed by atoms with Gasteiger partial charge in [-0.25, -0.2) is 9.67 Å². The van der Waals surface area contributed by atoms with Crippen molar-refractivity contribution in [3.63, 3.8) is 0 Å². The van der Waals surface area contributed by atoms with Gasteiger partial charge in [0.05, 0.1) is 19.3 Å². The van der Waals surface area contributed by atoms with Crippen LogP contribution in [0, 0.1) is 0 Å². The second kappa shape index (κ2) is 9.30. The van der Waals surface area contributed by atoms with Crippen molar-refractivity contribution in [2.24, 2.45) is 0 Å². The molecule has 2 aliphatic heterocycles. The quantitative estimate of drug-likeness (QED) is 0.760. The molecule has 0 N–H and O–H groups in total. The van der Waals surface area contributed by atoms with Crippen LogP contribution in [-0.4, -0.2) is 64.6 Å². The number of amides is 1. The van der Waals surface area contributed by atoms with E-state index in [0.717, 1.165) is 43.9 Å². The lowest BCUT2D eigenvalue weighted by Gasteiger charge is -2.23. The lowest BCUT2D eigenvalue weighted by atomic mass is 10.1. The molecule has 1 fully saturated rings. The van der Waals surface area contributed by atoms with E-state index in [1.54, 1.807) is 0 Å². The number of aromatic nitrogens is 3. The monoisotopic (exact) mass is 384 g/mol. The van der Waals surface area contributed by atoms with Crippen molar-refractivity contribution in [1.29, 1.82) is 0 Å². The largest absolute Gasteiger partial charge is 0.376 e. The smallest absolute Gasteiger partial charge is 0.248 e. The van der Waals surface area contributed by atoms with Gasteiger partial charge in [-0.15, -0.1) is 0 Å². The number of ether oxygens (including phenoxy) is 2. The Balaban J connectivity index is 1.25. The van der Waals surface area contributed by atoms with Gasteiger partial charge in [0.15, 0.2) is 5.82 Å². The third-order valence-electron chi connectivity index (χ3n) is 5.34. The van der Waals surface area contributed by atoms with Gasteiger partial charge in [-0.2, -0.15) is 5.10 Å². The standard InChI is InChI=1S/C21H28N4O3/c26-21(16-27-15-18-8-4-5-13-28-18)24-10-9-20-22-19(23-25(20)12-11-24)14-17-6-2-1-3-7-17/h1-3,6-7,18H,4-5,8-16H2. The maximum absolute atomic E-state index is 12.5. The molecule has 1 atom stereocenters. The van der Waals surface area contributed by atoms with Crippen LogP contribution in [-0.2, 0) is 33.7 Å². The summed E-state index contributed by atoms with van der Waals surface area (Å²) in [4.78, 5) is 19.0. The zero-order valence-electron chi connectivity index (χ0n) is 16.3. The van der Waals surface area contributed by atoms with Crippen LogP contribution in [0.25, 0.3) is 0 Å². The van der Waals surface area contributed by atoms with Gasteiger partial charge in [-0.05, 0) is 24.8 Å². The molecule has 7 nitrogen and oxygen atoms in total. The van der Waals surface area contributed by atoms with Crippen molar-refractivity contribution in [1.82, 2.24) is 19.7 Å². The van der Waals surface area contributed by atoms with Crippen LogP contribution in [0.4, 0.5) is 0 Å². The average Bonchev–Trinajstić information content (AvgIpc) is 3.00. The van der Waals surface area contributed by atoms with E-state index in [0.29, 0.717) is 26.2 Å². The minimum atomic E-state index is 0.0334. The zero-order valence-corrected chi connectivity index (χ0v) is 16.3. The summed E-state index contributed by atoms with van der Waals surface area (Å²) in [6.07, 6.45) is 4.93. The summed E-state index contributed by atoms with van der Waals surface area (Å²) in [5.41, 5.74) is 1.21. The molecule has 1 aromatic carbocycles. The average molecular weight is 384 g/mol. The summed E-state index contributed by atoms with van der Waals surface area (Å²) in [6, 6.07) is 10.2. The van der Waals surface area contributed by atoms with Crippen molar-refractivity contribution < 1.29 is 14.3 Å². The van der Waals surface area contributed by atoms with E-state index in [2.05, 4.69) is 22.2 Å². The summed E-state index contributed by atoms with van der Waals surface area (Å²) in [5, 5.41) is 4.64. The molecule has 4 rings (SSSR count). The third kappa shape index (κ3) is 4.97. The van der Waals surface area contributed by atoms with E-state index in [1.165, 1.54) is 12.0 Å². The zero-order chi connectivity index (χ0) is 19.2. The third-order valence-corrected chi connectivity index (χ3v) is 5.34. The molecule has 1 saturated heterocycles. The van der Waals surface area contributed by atoms with Gasteiger partial charge in [0, 0.05) is 32.5 Å². The molecule has 0 bridgehead atoms. The van der Waals surface area contributed by atoms with Crippen LogP contribution >= 0.6 is 0 Å². The Bertz CT molecular complexity index is 746. The molecule has 3 heterocycles. The number of carbonyl (C=O) groups is 1. The number of benzene rings is 1. The molecule has 2 aromatic rings. The van der Waals surface area contributed by atoms with Gasteiger partial charge in [0.1, 0.15) is 12.4 Å². The minimum absolute atomic E-state index is 0.0334. The fourth-order valence-corrected chi connectivity index (χ4v) is 3.76. The van der Waals surface area contributed by atoms with E-state index >= 15 is 0 Å². The van der Waals surface area contributed by atoms with Crippen LogP contribution in [0.3, 0.4) is 0 Å². The Morgan fingerprint density at radius 3 is 2.89 bits per heavy atom. The molecule has 0 aliphatic carbocycles. The Morgan fingerprint density at radius 1 is 1.18 bits per heavy atom. The molecule has 1 aromatic heterocycles. The van der Waals surface area contributed by atoms with Gasteiger partial charge >= 0.3 is 0 Å². The summed E-state index contributed by atoms with van der Waals surface area (Å²) >= 11 is 0. The van der Waals surface area contributed by atoms with E-state index in [1.807, 2.05) is 27.8 Å².